The molecule has 10 heteroatoms. The Labute approximate surface area is 156 Å². The van der Waals surface area contributed by atoms with Crippen molar-refractivity contribution < 1.29 is 35.9 Å². The van der Waals surface area contributed by atoms with Gasteiger partial charge in [-0.25, -0.2) is 18.2 Å². The number of nitrogens with zero attached hydrogens (tertiary/aromatic N) is 1. The highest BCUT2D eigenvalue weighted by Crippen LogP contribution is 2.38. The van der Waals surface area contributed by atoms with Gasteiger partial charge in [0.25, 0.3) is 6.43 Å². The molecule has 2 aromatic rings. The molecule has 0 aliphatic carbocycles. The molecule has 1 heterocycles. The van der Waals surface area contributed by atoms with Gasteiger partial charge in [-0.05, 0) is 42.8 Å². The van der Waals surface area contributed by atoms with Crippen molar-refractivity contribution in [1.29, 1.82) is 0 Å². The topological polar surface area (TPSA) is 51.2 Å². The van der Waals surface area contributed by atoms with Gasteiger partial charge < -0.3 is 10.1 Å². The number of halogens is 6. The van der Waals surface area contributed by atoms with Crippen molar-refractivity contribution in [3.63, 3.8) is 0 Å². The van der Waals surface area contributed by atoms with Crippen LogP contribution in [0.4, 0.5) is 26.3 Å². The van der Waals surface area contributed by atoms with Crippen LogP contribution in [0.1, 0.15) is 17.2 Å². The normalized spacial score (nSPS) is 12.7. The summed E-state index contributed by atoms with van der Waals surface area (Å²) < 4.78 is 83.6. The van der Waals surface area contributed by atoms with Gasteiger partial charge in [-0.2, -0.15) is 13.2 Å². The quantitative estimate of drug-likeness (QED) is 0.527. The highest BCUT2D eigenvalue weighted by atomic mass is 19.4. The van der Waals surface area contributed by atoms with Gasteiger partial charge in [-0.1, -0.05) is 0 Å². The van der Waals surface area contributed by atoms with Crippen LogP contribution in [0.2, 0.25) is 0 Å². The maximum Gasteiger partial charge on any atom is 0.398 e. The molecule has 1 amide bonds. The minimum absolute atomic E-state index is 0.125. The second kappa shape index (κ2) is 8.94. The third-order valence-electron chi connectivity index (χ3n) is 3.81. The van der Waals surface area contributed by atoms with Crippen molar-refractivity contribution in [1.82, 2.24) is 10.3 Å². The summed E-state index contributed by atoms with van der Waals surface area (Å²) in [7, 11) is 0. The number of benzene rings is 1. The van der Waals surface area contributed by atoms with E-state index < -0.39 is 43.2 Å². The number of alkyl halides is 5. The van der Waals surface area contributed by atoms with Crippen molar-refractivity contribution in [2.24, 2.45) is 0 Å². The molecule has 0 radical (unpaired) electrons. The number of aryl methyl sites for hydroxylation is 1. The van der Waals surface area contributed by atoms with Crippen LogP contribution in [0.15, 0.2) is 30.3 Å². The third-order valence-corrected chi connectivity index (χ3v) is 3.81. The lowest BCUT2D eigenvalue weighted by Gasteiger charge is -2.22. The maximum absolute atomic E-state index is 13.4. The molecule has 1 atom stereocenters. The standard InChI is InChI=1S/C18H16F6N2O2/c1-10-6-14(13(7-25-9-27)18(22,23)24)26-16(17(10)28-8-15(20)21)11-2-4-12(19)5-3-11/h2-6,9,13,15H,7-8H2,1H3,(H,25,27). The molecular weight excluding hydrogens is 390 g/mol. The first-order valence-corrected chi connectivity index (χ1v) is 8.05. The Bertz CT molecular complexity index is 809. The smallest absolute Gasteiger partial charge is 0.398 e. The lowest BCUT2D eigenvalue weighted by Crippen LogP contribution is -2.32. The summed E-state index contributed by atoms with van der Waals surface area (Å²) in [5, 5.41) is 1.97. The molecule has 0 fully saturated rings. The molecule has 1 unspecified atom stereocenters. The zero-order valence-electron chi connectivity index (χ0n) is 14.6. The first-order chi connectivity index (χ1) is 13.1. The fourth-order valence-electron chi connectivity index (χ4n) is 2.55. The van der Waals surface area contributed by atoms with Crippen LogP contribution in [0.3, 0.4) is 0 Å². The number of nitrogens with one attached hydrogen (secondary N) is 1. The zero-order valence-corrected chi connectivity index (χ0v) is 14.6. The van der Waals surface area contributed by atoms with Gasteiger partial charge in [0, 0.05) is 12.1 Å². The summed E-state index contributed by atoms with van der Waals surface area (Å²) in [4.78, 5) is 14.4. The molecule has 0 spiro atoms. The molecule has 152 valence electrons. The molecule has 2 rings (SSSR count). The molecule has 0 bridgehead atoms. The molecule has 0 saturated heterocycles. The number of carbonyl (C=O) groups is 1. The fraction of sp³-hybridized carbons (Fsp3) is 0.333. The van der Waals surface area contributed by atoms with Gasteiger partial charge in [-0.15, -0.1) is 0 Å². The van der Waals surface area contributed by atoms with Crippen LogP contribution in [0.5, 0.6) is 5.75 Å². The summed E-state index contributed by atoms with van der Waals surface area (Å²) in [6.45, 7) is -0.343. The van der Waals surface area contributed by atoms with E-state index in [2.05, 4.69) is 4.98 Å². The van der Waals surface area contributed by atoms with Crippen molar-refractivity contribution in [2.45, 2.75) is 25.4 Å². The van der Waals surface area contributed by atoms with E-state index in [9.17, 15) is 31.1 Å². The van der Waals surface area contributed by atoms with E-state index in [1.165, 1.54) is 19.1 Å². The van der Waals surface area contributed by atoms with Gasteiger partial charge in [-0.3, -0.25) is 4.79 Å². The molecule has 0 aliphatic rings. The van der Waals surface area contributed by atoms with E-state index in [0.29, 0.717) is 0 Å². The number of amides is 1. The van der Waals surface area contributed by atoms with Crippen LogP contribution < -0.4 is 10.1 Å². The Morgan fingerprint density at radius 3 is 2.39 bits per heavy atom. The summed E-state index contributed by atoms with van der Waals surface area (Å²) in [5.74, 6) is -2.84. The van der Waals surface area contributed by atoms with E-state index in [-0.39, 0.29) is 29.0 Å². The molecule has 0 aliphatic heterocycles. The number of hydrogen-bond donors (Lipinski definition) is 1. The summed E-state index contributed by atoms with van der Waals surface area (Å²) in [6, 6.07) is 5.69. The molecule has 1 aromatic heterocycles. The van der Waals surface area contributed by atoms with Crippen LogP contribution in [0, 0.1) is 12.7 Å². The summed E-state index contributed by atoms with van der Waals surface area (Å²) in [6.07, 6.45) is -7.40. The number of carbonyl (C=O) groups excluding carboxylic acids is 1. The van der Waals surface area contributed by atoms with Gasteiger partial charge >= 0.3 is 6.18 Å². The minimum atomic E-state index is -4.72. The lowest BCUT2D eigenvalue weighted by atomic mass is 9.99. The number of hydrogen-bond acceptors (Lipinski definition) is 3. The zero-order chi connectivity index (χ0) is 20.9. The predicted octanol–water partition coefficient (Wildman–Crippen LogP) is 4.23. The predicted molar refractivity (Wildman–Crippen MR) is 88.7 cm³/mol. The Morgan fingerprint density at radius 1 is 1.21 bits per heavy atom. The first-order valence-electron chi connectivity index (χ1n) is 8.05. The second-order valence-electron chi connectivity index (χ2n) is 5.87. The summed E-state index contributed by atoms with van der Waals surface area (Å²) in [5.41, 5.74) is -0.218. The molecule has 28 heavy (non-hydrogen) atoms. The highest BCUT2D eigenvalue weighted by Gasteiger charge is 2.42. The Morgan fingerprint density at radius 2 is 1.86 bits per heavy atom. The molecular formula is C18H16F6N2O2. The molecule has 4 nitrogen and oxygen atoms in total. The second-order valence-corrected chi connectivity index (χ2v) is 5.87. The van der Waals surface area contributed by atoms with Crippen LogP contribution >= 0.6 is 0 Å². The van der Waals surface area contributed by atoms with Crippen LogP contribution in [0.25, 0.3) is 11.3 Å². The maximum atomic E-state index is 13.4. The summed E-state index contributed by atoms with van der Waals surface area (Å²) >= 11 is 0. The molecule has 1 N–H and O–H groups in total. The lowest BCUT2D eigenvalue weighted by molar-refractivity contribution is -0.150. The van der Waals surface area contributed by atoms with E-state index in [0.717, 1.165) is 18.2 Å². The first kappa shape index (κ1) is 21.5. The van der Waals surface area contributed by atoms with Gasteiger partial charge in [0.15, 0.2) is 0 Å². The monoisotopic (exact) mass is 406 g/mol. The SMILES string of the molecule is Cc1cc(C(CNC=O)C(F)(F)F)nc(-c2ccc(F)cc2)c1OCC(F)F. The Balaban J connectivity index is 2.60. The highest BCUT2D eigenvalue weighted by molar-refractivity contribution is 5.68. The van der Waals surface area contributed by atoms with E-state index >= 15 is 0 Å². The molecule has 0 saturated carbocycles. The average Bonchev–Trinajstić information content (AvgIpc) is 2.60. The number of pyridine rings is 1. The van der Waals surface area contributed by atoms with E-state index in [1.54, 1.807) is 0 Å². The number of ether oxygens (including phenoxy) is 1. The third kappa shape index (κ3) is 5.37. The number of rotatable bonds is 8. The molecule has 1 aromatic carbocycles. The van der Waals surface area contributed by atoms with Crippen LogP contribution in [-0.2, 0) is 4.79 Å². The minimum Gasteiger partial charge on any atom is -0.485 e. The van der Waals surface area contributed by atoms with E-state index in [1.807, 2.05) is 5.32 Å². The van der Waals surface area contributed by atoms with Gasteiger partial charge in [0.1, 0.15) is 29.8 Å². The van der Waals surface area contributed by atoms with Crippen molar-refractivity contribution >= 4 is 6.41 Å². The van der Waals surface area contributed by atoms with Gasteiger partial charge in [0.2, 0.25) is 6.41 Å². The van der Waals surface area contributed by atoms with Crippen molar-refractivity contribution in [3.8, 4) is 17.0 Å². The Kier molecular flexibility index (Phi) is 6.87. The van der Waals surface area contributed by atoms with Crippen LogP contribution in [-0.4, -0.2) is 37.1 Å². The largest absolute Gasteiger partial charge is 0.485 e. The van der Waals surface area contributed by atoms with Gasteiger partial charge in [0.05, 0.1) is 5.69 Å². The van der Waals surface area contributed by atoms with Crippen molar-refractivity contribution in [3.05, 3.63) is 47.4 Å². The number of aromatic nitrogens is 1. The van der Waals surface area contributed by atoms with E-state index in [4.69, 9.17) is 4.74 Å². The van der Waals surface area contributed by atoms with Crippen molar-refractivity contribution in [2.75, 3.05) is 13.2 Å². The Hall–Kier alpha value is -2.78. The fourth-order valence-corrected chi connectivity index (χ4v) is 2.55. The average molecular weight is 406 g/mol.